The van der Waals surface area contributed by atoms with Gasteiger partial charge in [0.15, 0.2) is 6.10 Å². The molecule has 0 saturated heterocycles. The van der Waals surface area contributed by atoms with Crippen molar-refractivity contribution in [3.05, 3.63) is 64.9 Å². The highest BCUT2D eigenvalue weighted by Crippen LogP contribution is 2.16. The molecule has 0 saturated carbocycles. The number of hydrogen-bond acceptors (Lipinski definition) is 7. The number of rotatable bonds is 7. The normalized spacial score (nSPS) is 11.6. The van der Waals surface area contributed by atoms with E-state index < -0.39 is 36.1 Å². The van der Waals surface area contributed by atoms with Gasteiger partial charge in [-0.25, -0.2) is 9.18 Å². The second-order valence-electron chi connectivity index (χ2n) is 6.19. The molecule has 9 nitrogen and oxygen atoms in total. The maximum absolute atomic E-state index is 13.0. The van der Waals surface area contributed by atoms with Gasteiger partial charge in [0.05, 0.1) is 7.11 Å². The molecule has 2 aromatic carbocycles. The van der Waals surface area contributed by atoms with Gasteiger partial charge in [0.25, 0.3) is 5.91 Å². The van der Waals surface area contributed by atoms with Crippen molar-refractivity contribution in [1.82, 2.24) is 9.78 Å². The number of halogens is 1. The molecule has 1 heterocycles. The Morgan fingerprint density at radius 3 is 2.47 bits per heavy atom. The van der Waals surface area contributed by atoms with E-state index in [0.29, 0.717) is 17.0 Å². The van der Waals surface area contributed by atoms with Crippen molar-refractivity contribution in [3.8, 4) is 17.2 Å². The molecule has 0 fully saturated rings. The summed E-state index contributed by atoms with van der Waals surface area (Å²) in [6.07, 6.45) is -1.11. The number of nitrogens with zero attached hydrogens (tertiary/aromatic N) is 2. The van der Waals surface area contributed by atoms with Crippen LogP contribution in [0.2, 0.25) is 0 Å². The Kier molecular flexibility index (Phi) is 6.26. The number of esters is 1. The fourth-order valence-corrected chi connectivity index (χ4v) is 2.44. The van der Waals surface area contributed by atoms with Crippen LogP contribution in [-0.2, 0) is 20.9 Å². The molecular formula is C20H18FN3O6. The van der Waals surface area contributed by atoms with Gasteiger partial charge < -0.3 is 19.2 Å². The molecule has 3 aromatic rings. The number of nitrogens with one attached hydrogen (secondary N) is 1. The van der Waals surface area contributed by atoms with Gasteiger partial charge in [0, 0.05) is 11.3 Å². The van der Waals surface area contributed by atoms with Crippen LogP contribution in [0.1, 0.15) is 6.92 Å². The Morgan fingerprint density at radius 2 is 1.83 bits per heavy atom. The van der Waals surface area contributed by atoms with Crippen molar-refractivity contribution in [3.63, 3.8) is 0 Å². The molecule has 0 aliphatic rings. The topological polar surface area (TPSA) is 113 Å². The van der Waals surface area contributed by atoms with E-state index >= 15 is 0 Å². The second-order valence-corrected chi connectivity index (χ2v) is 6.19. The quantitative estimate of drug-likeness (QED) is 0.589. The first-order valence-electron chi connectivity index (χ1n) is 8.84. The molecule has 1 aromatic heterocycles. The first-order chi connectivity index (χ1) is 14.4. The molecule has 0 bridgehead atoms. The Labute approximate surface area is 170 Å². The molecule has 1 amide bonds. The number of carbonyl (C=O) groups excluding carboxylic acids is 2. The first kappa shape index (κ1) is 20.8. The average Bonchev–Trinajstić information content (AvgIpc) is 3.09. The number of benzene rings is 2. The van der Waals surface area contributed by atoms with E-state index in [1.807, 2.05) is 0 Å². The predicted molar refractivity (Wildman–Crippen MR) is 103 cm³/mol. The van der Waals surface area contributed by atoms with Crippen molar-refractivity contribution >= 4 is 17.6 Å². The highest BCUT2D eigenvalue weighted by atomic mass is 19.1. The lowest BCUT2D eigenvalue weighted by molar-refractivity contribution is -0.154. The second kappa shape index (κ2) is 9.03. The van der Waals surface area contributed by atoms with Crippen LogP contribution in [0, 0.1) is 5.82 Å². The van der Waals surface area contributed by atoms with Crippen LogP contribution in [0.25, 0.3) is 11.5 Å². The number of ether oxygens (including phenoxy) is 2. The van der Waals surface area contributed by atoms with Gasteiger partial charge in [-0.3, -0.25) is 9.59 Å². The fourth-order valence-electron chi connectivity index (χ4n) is 2.44. The predicted octanol–water partition coefficient (Wildman–Crippen LogP) is 2.22. The Balaban J connectivity index is 1.58. The lowest BCUT2D eigenvalue weighted by Gasteiger charge is -2.13. The Hall–Kier alpha value is -3.95. The molecule has 1 N–H and O–H groups in total. The summed E-state index contributed by atoms with van der Waals surface area (Å²) in [6, 6.07) is 11.7. The summed E-state index contributed by atoms with van der Waals surface area (Å²) < 4.78 is 28.8. The molecule has 0 aliphatic heterocycles. The SMILES string of the molecule is COc1ccc(NC(=O)C(C)OC(=O)Cn2nc(-c3ccc(F)cc3)oc2=O)cc1. The fraction of sp³-hybridized carbons (Fsp3) is 0.200. The standard InChI is InChI=1S/C20H18FN3O6/c1-12(18(26)22-15-7-9-16(28-2)10-8-15)29-17(25)11-24-20(27)30-19(23-24)13-3-5-14(21)6-4-13/h3-10,12H,11H2,1-2H3,(H,22,26). The van der Waals surface area contributed by atoms with Gasteiger partial charge in [-0.1, -0.05) is 0 Å². The van der Waals surface area contributed by atoms with E-state index in [0.717, 1.165) is 4.68 Å². The number of aromatic nitrogens is 2. The lowest BCUT2D eigenvalue weighted by Crippen LogP contribution is -2.32. The van der Waals surface area contributed by atoms with Crippen LogP contribution in [0.3, 0.4) is 0 Å². The number of carbonyl (C=O) groups is 2. The van der Waals surface area contributed by atoms with Gasteiger partial charge in [0.1, 0.15) is 18.1 Å². The van der Waals surface area contributed by atoms with E-state index in [9.17, 15) is 18.8 Å². The highest BCUT2D eigenvalue weighted by molar-refractivity contribution is 5.95. The molecule has 30 heavy (non-hydrogen) atoms. The van der Waals surface area contributed by atoms with Crippen molar-refractivity contribution in [2.45, 2.75) is 19.6 Å². The number of methoxy groups -OCH3 is 1. The van der Waals surface area contributed by atoms with Gasteiger partial charge in [-0.05, 0) is 55.5 Å². The Morgan fingerprint density at radius 1 is 1.17 bits per heavy atom. The van der Waals surface area contributed by atoms with Crippen LogP contribution in [0.4, 0.5) is 10.1 Å². The minimum absolute atomic E-state index is 0.0712. The number of anilines is 1. The van der Waals surface area contributed by atoms with Gasteiger partial charge in [0.2, 0.25) is 5.89 Å². The smallest absolute Gasteiger partial charge is 0.437 e. The van der Waals surface area contributed by atoms with Gasteiger partial charge in [-0.15, -0.1) is 5.10 Å². The first-order valence-corrected chi connectivity index (χ1v) is 8.84. The van der Waals surface area contributed by atoms with E-state index in [1.54, 1.807) is 24.3 Å². The molecule has 1 unspecified atom stereocenters. The molecule has 0 radical (unpaired) electrons. The Bertz CT molecular complexity index is 1090. The highest BCUT2D eigenvalue weighted by Gasteiger charge is 2.20. The zero-order valence-electron chi connectivity index (χ0n) is 16.1. The summed E-state index contributed by atoms with van der Waals surface area (Å²) in [5, 5.41) is 6.49. The van der Waals surface area contributed by atoms with Gasteiger partial charge >= 0.3 is 11.7 Å². The summed E-state index contributed by atoms with van der Waals surface area (Å²) in [5.74, 6) is -2.18. The van der Waals surface area contributed by atoms with Crippen molar-refractivity contribution in [2.24, 2.45) is 0 Å². The van der Waals surface area contributed by atoms with Crippen LogP contribution < -0.4 is 15.8 Å². The summed E-state index contributed by atoms with van der Waals surface area (Å²) in [7, 11) is 1.53. The van der Waals surface area contributed by atoms with Crippen molar-refractivity contribution in [2.75, 3.05) is 12.4 Å². The van der Waals surface area contributed by atoms with Gasteiger partial charge in [-0.2, -0.15) is 4.68 Å². The van der Waals surface area contributed by atoms with Crippen LogP contribution >= 0.6 is 0 Å². The summed E-state index contributed by atoms with van der Waals surface area (Å²) >= 11 is 0. The van der Waals surface area contributed by atoms with Crippen molar-refractivity contribution in [1.29, 1.82) is 0 Å². The molecule has 0 spiro atoms. The molecule has 0 aliphatic carbocycles. The molecule has 10 heteroatoms. The lowest BCUT2D eigenvalue weighted by atomic mass is 10.2. The maximum atomic E-state index is 13.0. The third-order valence-electron chi connectivity index (χ3n) is 4.01. The number of amides is 1. The van der Waals surface area contributed by atoms with E-state index in [-0.39, 0.29) is 5.89 Å². The average molecular weight is 415 g/mol. The summed E-state index contributed by atoms with van der Waals surface area (Å²) in [6.45, 7) is 0.843. The largest absolute Gasteiger partial charge is 0.497 e. The third-order valence-corrected chi connectivity index (χ3v) is 4.01. The van der Waals surface area contributed by atoms with E-state index in [4.69, 9.17) is 13.9 Å². The summed E-state index contributed by atoms with van der Waals surface area (Å²) in [5.41, 5.74) is 0.869. The minimum Gasteiger partial charge on any atom is -0.497 e. The molecule has 3 rings (SSSR count). The van der Waals surface area contributed by atoms with E-state index in [1.165, 1.54) is 38.3 Å². The van der Waals surface area contributed by atoms with Crippen LogP contribution in [-0.4, -0.2) is 34.9 Å². The zero-order chi connectivity index (χ0) is 21.7. The summed E-state index contributed by atoms with van der Waals surface area (Å²) in [4.78, 5) is 36.2. The van der Waals surface area contributed by atoms with E-state index in [2.05, 4.69) is 10.4 Å². The van der Waals surface area contributed by atoms with Crippen LogP contribution in [0.5, 0.6) is 5.75 Å². The molecule has 156 valence electrons. The molecule has 1 atom stereocenters. The monoisotopic (exact) mass is 415 g/mol. The van der Waals surface area contributed by atoms with Crippen LogP contribution in [0.15, 0.2) is 57.7 Å². The van der Waals surface area contributed by atoms with Crippen molar-refractivity contribution < 1.29 is 27.9 Å². The minimum atomic E-state index is -1.11. The maximum Gasteiger partial charge on any atom is 0.437 e. The zero-order valence-corrected chi connectivity index (χ0v) is 16.1. The third kappa shape index (κ3) is 5.10. The molecular weight excluding hydrogens is 397 g/mol. The number of hydrogen-bond donors (Lipinski definition) is 1.